The molecular weight excluding hydrogens is 1100 g/mol. The highest BCUT2D eigenvalue weighted by Crippen LogP contribution is 2.63. The van der Waals surface area contributed by atoms with Crippen LogP contribution < -0.4 is 9.80 Å². The van der Waals surface area contributed by atoms with Crippen LogP contribution in [0.5, 0.6) is 0 Å². The topological polar surface area (TPSA) is 19.6 Å². The molecule has 0 spiro atoms. The summed E-state index contributed by atoms with van der Waals surface area (Å²) in [6.07, 6.45) is 0. The molecule has 2 aliphatic rings. The number of anilines is 6. The van der Waals surface area contributed by atoms with Crippen molar-refractivity contribution in [3.63, 3.8) is 0 Å². The van der Waals surface area contributed by atoms with E-state index < -0.39 is 10.8 Å². The second kappa shape index (κ2) is 20.9. The fourth-order valence-electron chi connectivity index (χ4n) is 16.0. The van der Waals surface area contributed by atoms with Gasteiger partial charge in [-0.15, -0.1) is 0 Å². The highest BCUT2D eigenvalue weighted by molar-refractivity contribution is 6.23. The SMILES string of the molecule is c1ccc(N2c3ccccc3C(c3ccccc3)(c3ccccc3)c3cccc(-c4cccc5c(-c6cccc7c6oc6ccccc67)c6cccc(-c7cccc8c7N(c7ccccc7)c7ccccc7C8(c7ccccc7)c7ccccc7)c6cc45)c32)cc1. The zero-order chi connectivity index (χ0) is 60.0. The molecule has 15 aromatic carbocycles. The Labute approximate surface area is 529 Å². The molecule has 0 unspecified atom stereocenters. The zero-order valence-electron chi connectivity index (χ0n) is 49.8. The van der Waals surface area contributed by atoms with Crippen molar-refractivity contribution in [2.24, 2.45) is 0 Å². The summed E-state index contributed by atoms with van der Waals surface area (Å²) < 4.78 is 7.11. The third-order valence-corrected chi connectivity index (χ3v) is 19.6. The van der Waals surface area contributed by atoms with Crippen molar-refractivity contribution in [3.05, 3.63) is 396 Å². The van der Waals surface area contributed by atoms with E-state index in [1.807, 2.05) is 0 Å². The maximum Gasteiger partial charge on any atom is 0.143 e. The molecule has 2 aliphatic heterocycles. The van der Waals surface area contributed by atoms with Crippen molar-refractivity contribution in [2.75, 3.05) is 9.80 Å². The maximum absolute atomic E-state index is 7.11. The minimum atomic E-state index is -0.702. The zero-order valence-corrected chi connectivity index (χ0v) is 49.8. The van der Waals surface area contributed by atoms with E-state index in [1.165, 1.54) is 44.5 Å². The lowest BCUT2D eigenvalue weighted by molar-refractivity contribution is 0.670. The van der Waals surface area contributed by atoms with Gasteiger partial charge in [0.1, 0.15) is 11.2 Å². The Balaban J connectivity index is 0.994. The maximum atomic E-state index is 7.11. The minimum Gasteiger partial charge on any atom is -0.455 e. The molecule has 0 amide bonds. The summed E-state index contributed by atoms with van der Waals surface area (Å²) in [4.78, 5) is 5.06. The Morgan fingerprint density at radius 2 is 0.560 bits per heavy atom. The van der Waals surface area contributed by atoms with Crippen LogP contribution in [0, 0.1) is 0 Å². The third-order valence-electron chi connectivity index (χ3n) is 19.6. The molecule has 0 saturated carbocycles. The lowest BCUT2D eigenvalue weighted by atomic mass is 9.62. The summed E-state index contributed by atoms with van der Waals surface area (Å²) in [5.41, 5.74) is 23.4. The summed E-state index contributed by atoms with van der Waals surface area (Å²) >= 11 is 0. The fourth-order valence-corrected chi connectivity index (χ4v) is 16.0. The van der Waals surface area contributed by atoms with Crippen LogP contribution >= 0.6 is 0 Å². The van der Waals surface area contributed by atoms with Gasteiger partial charge in [0, 0.05) is 44.4 Å². The normalized spacial score (nSPS) is 13.6. The Hall–Kier alpha value is -11.8. The van der Waals surface area contributed by atoms with Crippen LogP contribution in [0.3, 0.4) is 0 Å². The Morgan fingerprint density at radius 1 is 0.231 bits per heavy atom. The van der Waals surface area contributed by atoms with Gasteiger partial charge in [-0.3, -0.25) is 0 Å². The number of hydrogen-bond donors (Lipinski definition) is 0. The summed E-state index contributed by atoms with van der Waals surface area (Å²) in [5.74, 6) is 0. The number of hydrogen-bond acceptors (Lipinski definition) is 3. The van der Waals surface area contributed by atoms with Crippen LogP contribution in [0.2, 0.25) is 0 Å². The molecule has 16 aromatic rings. The first-order chi connectivity index (χ1) is 45.2. The quantitative estimate of drug-likeness (QED) is 0.134. The van der Waals surface area contributed by atoms with Crippen molar-refractivity contribution in [1.82, 2.24) is 0 Å². The van der Waals surface area contributed by atoms with E-state index >= 15 is 0 Å². The molecule has 0 atom stereocenters. The van der Waals surface area contributed by atoms with Gasteiger partial charge in [-0.05, 0) is 126 Å². The average Bonchev–Trinajstić information content (AvgIpc) is 1.32. The smallest absolute Gasteiger partial charge is 0.143 e. The van der Waals surface area contributed by atoms with Crippen molar-refractivity contribution >= 4 is 77.6 Å². The number of para-hydroxylation sites is 8. The monoisotopic (exact) mass is 1160 g/mol. The highest BCUT2D eigenvalue weighted by atomic mass is 16.3. The summed E-state index contributed by atoms with van der Waals surface area (Å²) in [6, 6.07) is 130. The van der Waals surface area contributed by atoms with Gasteiger partial charge in [0.2, 0.25) is 0 Å². The number of fused-ring (bicyclic) bond motifs is 9. The lowest BCUT2D eigenvalue weighted by Crippen LogP contribution is -2.38. The second-order valence-electron chi connectivity index (χ2n) is 24.1. The van der Waals surface area contributed by atoms with Crippen LogP contribution in [0.4, 0.5) is 34.1 Å². The molecule has 0 aliphatic carbocycles. The van der Waals surface area contributed by atoms with Gasteiger partial charge in [-0.25, -0.2) is 0 Å². The molecule has 18 rings (SSSR count). The van der Waals surface area contributed by atoms with Crippen molar-refractivity contribution in [3.8, 4) is 33.4 Å². The molecule has 3 heteroatoms. The molecule has 0 N–H and O–H groups in total. The predicted molar refractivity (Wildman–Crippen MR) is 378 cm³/mol. The highest BCUT2D eigenvalue weighted by Gasteiger charge is 2.49. The summed E-state index contributed by atoms with van der Waals surface area (Å²) in [5, 5.41) is 6.72. The van der Waals surface area contributed by atoms with E-state index in [1.54, 1.807) is 0 Å². The number of nitrogens with zero attached hydrogens (tertiary/aromatic N) is 2. The Kier molecular flexibility index (Phi) is 12.1. The van der Waals surface area contributed by atoms with E-state index in [0.717, 1.165) is 111 Å². The number of benzene rings is 15. The predicted octanol–water partition coefficient (Wildman–Crippen LogP) is 23.2. The molecule has 1 aromatic heterocycles. The molecule has 3 heterocycles. The van der Waals surface area contributed by atoms with Gasteiger partial charge in [0.25, 0.3) is 0 Å². The van der Waals surface area contributed by atoms with E-state index in [0.29, 0.717) is 0 Å². The molecular formula is C88H58N2O. The fraction of sp³-hybridized carbons (Fsp3) is 0.0227. The van der Waals surface area contributed by atoms with Gasteiger partial charge >= 0.3 is 0 Å². The summed E-state index contributed by atoms with van der Waals surface area (Å²) in [6.45, 7) is 0. The summed E-state index contributed by atoms with van der Waals surface area (Å²) in [7, 11) is 0. The van der Waals surface area contributed by atoms with Crippen LogP contribution in [-0.2, 0) is 10.8 Å². The van der Waals surface area contributed by atoms with Gasteiger partial charge in [-0.1, -0.05) is 303 Å². The van der Waals surface area contributed by atoms with E-state index in [-0.39, 0.29) is 0 Å². The molecule has 0 fully saturated rings. The molecule has 0 radical (unpaired) electrons. The number of furan rings is 1. The average molecular weight is 1160 g/mol. The first kappa shape index (κ1) is 52.4. The molecule has 0 bridgehead atoms. The van der Waals surface area contributed by atoms with Crippen LogP contribution in [0.25, 0.3) is 76.9 Å². The van der Waals surface area contributed by atoms with Crippen molar-refractivity contribution in [2.45, 2.75) is 10.8 Å². The van der Waals surface area contributed by atoms with Gasteiger partial charge in [0.05, 0.1) is 33.6 Å². The van der Waals surface area contributed by atoms with Crippen LogP contribution in [-0.4, -0.2) is 0 Å². The van der Waals surface area contributed by atoms with Crippen molar-refractivity contribution < 1.29 is 4.42 Å². The molecule has 0 saturated heterocycles. The van der Waals surface area contributed by atoms with Gasteiger partial charge in [0.15, 0.2) is 0 Å². The Bertz CT molecular complexity index is 5110. The van der Waals surface area contributed by atoms with E-state index in [9.17, 15) is 0 Å². The minimum absolute atomic E-state index is 0.702. The van der Waals surface area contributed by atoms with Crippen molar-refractivity contribution in [1.29, 1.82) is 0 Å². The first-order valence-electron chi connectivity index (χ1n) is 31.5. The Morgan fingerprint density at radius 3 is 1.01 bits per heavy atom. The largest absolute Gasteiger partial charge is 0.455 e. The van der Waals surface area contributed by atoms with E-state index in [2.05, 4.69) is 362 Å². The standard InChI is InChI=1S/C88H58N2O/c1-7-30-59(31-8-1)87(60-32-9-2-10-33-60)76-51-20-22-55-80(76)89(63-38-15-5-16-39-63)84-70(47-28-53-78(84)87)65-43-25-45-68-74(65)58-75-66(44-26-46-69(75)83(68)73-50-27-49-72-67-42-19-24-57-82(67)91-86(72)73)71-48-29-54-79-85(71)90(64-40-17-6-18-41-64)81-56-23-21-52-77(81)88(79,61-34-11-3-12-35-61)62-36-13-4-14-37-62/h1-58H. The molecule has 3 nitrogen and oxygen atoms in total. The van der Waals surface area contributed by atoms with Crippen LogP contribution in [0.1, 0.15) is 44.5 Å². The first-order valence-corrected chi connectivity index (χ1v) is 31.5. The van der Waals surface area contributed by atoms with E-state index in [4.69, 9.17) is 4.42 Å². The lowest BCUT2D eigenvalue weighted by Gasteiger charge is -2.47. The molecule has 91 heavy (non-hydrogen) atoms. The number of rotatable bonds is 9. The third kappa shape index (κ3) is 7.68. The molecule has 426 valence electrons. The second-order valence-corrected chi connectivity index (χ2v) is 24.1. The van der Waals surface area contributed by atoms with Gasteiger partial charge in [-0.2, -0.15) is 0 Å². The van der Waals surface area contributed by atoms with Gasteiger partial charge < -0.3 is 14.2 Å². The van der Waals surface area contributed by atoms with Crippen LogP contribution in [0.15, 0.2) is 356 Å².